The summed E-state index contributed by atoms with van der Waals surface area (Å²) in [5.41, 5.74) is 2.68. The Hall–Kier alpha value is -2.17. The van der Waals surface area contributed by atoms with Crippen molar-refractivity contribution in [3.8, 4) is 0 Å². The van der Waals surface area contributed by atoms with Crippen LogP contribution in [0.4, 0.5) is 0 Å². The number of hydrogen-bond donors (Lipinski definition) is 1. The van der Waals surface area contributed by atoms with Crippen LogP contribution in [0, 0.1) is 0 Å². The third-order valence-electron chi connectivity index (χ3n) is 3.33. The minimum absolute atomic E-state index is 0.0692. The van der Waals surface area contributed by atoms with E-state index in [0.717, 1.165) is 25.9 Å². The third-order valence-corrected chi connectivity index (χ3v) is 3.33. The van der Waals surface area contributed by atoms with Gasteiger partial charge in [-0.15, -0.1) is 0 Å². The Morgan fingerprint density at radius 2 is 1.83 bits per heavy atom. The molecule has 1 aliphatic rings. The molecule has 1 aromatic heterocycles. The number of aromatic nitrogens is 3. The Morgan fingerprint density at radius 3 is 2.39 bits per heavy atom. The normalized spacial score (nSPS) is 15.0. The van der Waals surface area contributed by atoms with Crippen LogP contribution >= 0.6 is 0 Å². The molecule has 1 amide bonds. The first-order valence-corrected chi connectivity index (χ1v) is 6.06. The van der Waals surface area contributed by atoms with Crippen molar-refractivity contribution in [1.29, 1.82) is 0 Å². The number of H-pyrrole nitrogens is 1. The Bertz CT molecular complexity index is 523. The van der Waals surface area contributed by atoms with Gasteiger partial charge in [0.25, 0.3) is 5.91 Å². The van der Waals surface area contributed by atoms with E-state index in [1.165, 1.54) is 17.5 Å². The number of amides is 1. The van der Waals surface area contributed by atoms with Crippen LogP contribution in [0.15, 0.2) is 30.6 Å². The highest BCUT2D eigenvalue weighted by molar-refractivity contribution is 5.90. The molecular weight excluding hydrogens is 228 g/mol. The molecular formula is C13H14N4O. The Morgan fingerprint density at radius 1 is 1.17 bits per heavy atom. The molecule has 0 atom stereocenters. The van der Waals surface area contributed by atoms with Gasteiger partial charge in [-0.2, -0.15) is 5.10 Å². The van der Waals surface area contributed by atoms with Gasteiger partial charge in [0, 0.05) is 13.1 Å². The molecule has 0 fully saturated rings. The lowest BCUT2D eigenvalue weighted by Gasteiger charge is -2.18. The number of aromatic amines is 1. The van der Waals surface area contributed by atoms with Crippen LogP contribution in [0.25, 0.3) is 0 Å². The lowest BCUT2D eigenvalue weighted by molar-refractivity contribution is 0.0751. The SMILES string of the molecule is O=C(c1ncn[nH]1)N1CCc2ccccc2CC1. The van der Waals surface area contributed by atoms with Crippen molar-refractivity contribution >= 4 is 5.91 Å². The first-order chi connectivity index (χ1) is 8.84. The first kappa shape index (κ1) is 11.0. The van der Waals surface area contributed by atoms with E-state index >= 15 is 0 Å². The zero-order chi connectivity index (χ0) is 12.4. The Labute approximate surface area is 105 Å². The summed E-state index contributed by atoms with van der Waals surface area (Å²) in [5.74, 6) is 0.251. The summed E-state index contributed by atoms with van der Waals surface area (Å²) in [6, 6.07) is 8.37. The van der Waals surface area contributed by atoms with Gasteiger partial charge in [0.05, 0.1) is 0 Å². The van der Waals surface area contributed by atoms with Gasteiger partial charge in [-0.05, 0) is 24.0 Å². The predicted molar refractivity (Wildman–Crippen MR) is 66.1 cm³/mol. The molecule has 18 heavy (non-hydrogen) atoms. The average Bonchev–Trinajstić information content (AvgIpc) is 2.85. The average molecular weight is 242 g/mol. The monoisotopic (exact) mass is 242 g/mol. The van der Waals surface area contributed by atoms with Crippen LogP contribution in [0.1, 0.15) is 21.7 Å². The highest BCUT2D eigenvalue weighted by atomic mass is 16.2. The molecule has 0 radical (unpaired) electrons. The highest BCUT2D eigenvalue weighted by Crippen LogP contribution is 2.16. The van der Waals surface area contributed by atoms with E-state index in [1.54, 1.807) is 0 Å². The molecule has 1 aliphatic heterocycles. The largest absolute Gasteiger partial charge is 0.335 e. The van der Waals surface area contributed by atoms with E-state index in [0.29, 0.717) is 5.82 Å². The summed E-state index contributed by atoms with van der Waals surface area (Å²) >= 11 is 0. The molecule has 0 unspecified atom stereocenters. The van der Waals surface area contributed by atoms with E-state index in [2.05, 4.69) is 27.3 Å². The van der Waals surface area contributed by atoms with E-state index in [-0.39, 0.29) is 5.91 Å². The summed E-state index contributed by atoms with van der Waals surface area (Å²) in [6.07, 6.45) is 3.16. The van der Waals surface area contributed by atoms with E-state index in [1.807, 2.05) is 17.0 Å². The number of nitrogens with zero attached hydrogens (tertiary/aromatic N) is 3. The van der Waals surface area contributed by atoms with Gasteiger partial charge < -0.3 is 4.90 Å². The fraction of sp³-hybridized carbons (Fsp3) is 0.308. The second-order valence-corrected chi connectivity index (χ2v) is 4.39. The maximum absolute atomic E-state index is 12.2. The van der Waals surface area contributed by atoms with Crippen molar-refractivity contribution in [1.82, 2.24) is 20.1 Å². The lowest BCUT2D eigenvalue weighted by atomic mass is 10.0. The van der Waals surface area contributed by atoms with Gasteiger partial charge in [-0.3, -0.25) is 9.89 Å². The van der Waals surface area contributed by atoms with Crippen LogP contribution in [0.3, 0.4) is 0 Å². The number of benzene rings is 1. The summed E-state index contributed by atoms with van der Waals surface area (Å²) in [6.45, 7) is 1.47. The smallest absolute Gasteiger partial charge is 0.291 e. The van der Waals surface area contributed by atoms with E-state index in [4.69, 9.17) is 0 Å². The molecule has 0 aliphatic carbocycles. The highest BCUT2D eigenvalue weighted by Gasteiger charge is 2.21. The van der Waals surface area contributed by atoms with Gasteiger partial charge in [0.15, 0.2) is 0 Å². The fourth-order valence-corrected chi connectivity index (χ4v) is 2.33. The first-order valence-electron chi connectivity index (χ1n) is 6.06. The number of carbonyl (C=O) groups is 1. The van der Waals surface area contributed by atoms with Crippen LogP contribution in [0.5, 0.6) is 0 Å². The molecule has 5 heteroatoms. The van der Waals surface area contributed by atoms with Gasteiger partial charge in [0.1, 0.15) is 6.33 Å². The maximum atomic E-state index is 12.2. The van der Waals surface area contributed by atoms with Crippen molar-refractivity contribution in [2.45, 2.75) is 12.8 Å². The van der Waals surface area contributed by atoms with Gasteiger partial charge in [-0.25, -0.2) is 4.98 Å². The zero-order valence-corrected chi connectivity index (χ0v) is 9.97. The zero-order valence-electron chi connectivity index (χ0n) is 9.97. The van der Waals surface area contributed by atoms with E-state index < -0.39 is 0 Å². The molecule has 5 nitrogen and oxygen atoms in total. The number of fused-ring (bicyclic) bond motifs is 1. The van der Waals surface area contributed by atoms with Crippen LogP contribution in [0.2, 0.25) is 0 Å². The molecule has 0 saturated carbocycles. The fourth-order valence-electron chi connectivity index (χ4n) is 2.33. The predicted octanol–water partition coefficient (Wildman–Crippen LogP) is 1.05. The number of hydrogen-bond acceptors (Lipinski definition) is 3. The third kappa shape index (κ3) is 1.99. The van der Waals surface area contributed by atoms with Crippen molar-refractivity contribution < 1.29 is 4.79 Å². The summed E-state index contributed by atoms with van der Waals surface area (Å²) in [5, 5.41) is 6.34. The van der Waals surface area contributed by atoms with Crippen molar-refractivity contribution in [3.05, 3.63) is 47.5 Å². The van der Waals surface area contributed by atoms with Gasteiger partial charge in [0.2, 0.25) is 5.82 Å². The Balaban J connectivity index is 1.77. The van der Waals surface area contributed by atoms with Crippen LogP contribution < -0.4 is 0 Å². The molecule has 1 aromatic carbocycles. The molecule has 2 aromatic rings. The standard InChI is InChI=1S/C13H14N4O/c18-13(12-14-9-15-16-12)17-7-5-10-3-1-2-4-11(10)6-8-17/h1-4,9H,5-8H2,(H,14,15,16). The molecule has 3 rings (SSSR count). The molecule has 92 valence electrons. The minimum Gasteiger partial charge on any atom is -0.335 e. The van der Waals surface area contributed by atoms with Crippen LogP contribution in [-0.2, 0) is 12.8 Å². The number of nitrogens with one attached hydrogen (secondary N) is 1. The quantitative estimate of drug-likeness (QED) is 0.813. The molecule has 0 spiro atoms. The minimum atomic E-state index is -0.0692. The second-order valence-electron chi connectivity index (χ2n) is 4.39. The van der Waals surface area contributed by atoms with Crippen molar-refractivity contribution in [3.63, 3.8) is 0 Å². The topological polar surface area (TPSA) is 61.9 Å². The van der Waals surface area contributed by atoms with Crippen molar-refractivity contribution in [2.75, 3.05) is 13.1 Å². The van der Waals surface area contributed by atoms with Gasteiger partial charge >= 0.3 is 0 Å². The molecule has 1 N–H and O–H groups in total. The molecule has 0 bridgehead atoms. The number of carbonyl (C=O) groups excluding carboxylic acids is 1. The maximum Gasteiger partial charge on any atom is 0.291 e. The van der Waals surface area contributed by atoms with Crippen molar-refractivity contribution in [2.24, 2.45) is 0 Å². The summed E-state index contributed by atoms with van der Waals surface area (Å²) in [7, 11) is 0. The molecule has 2 heterocycles. The molecule has 0 saturated heterocycles. The number of rotatable bonds is 1. The second kappa shape index (κ2) is 4.60. The Kier molecular flexibility index (Phi) is 2.80. The van der Waals surface area contributed by atoms with Gasteiger partial charge in [-0.1, -0.05) is 24.3 Å². The lowest BCUT2D eigenvalue weighted by Crippen LogP contribution is -2.34. The summed E-state index contributed by atoms with van der Waals surface area (Å²) < 4.78 is 0. The van der Waals surface area contributed by atoms with E-state index in [9.17, 15) is 4.79 Å². The summed E-state index contributed by atoms with van der Waals surface area (Å²) in [4.78, 5) is 17.9. The van der Waals surface area contributed by atoms with Crippen LogP contribution in [-0.4, -0.2) is 39.1 Å².